The Labute approximate surface area is 190 Å². The number of hydrogen-bond donors (Lipinski definition) is 2. The summed E-state index contributed by atoms with van der Waals surface area (Å²) in [5.41, 5.74) is 0.249. The number of nitrogens with one attached hydrogen (secondary N) is 2. The molecule has 2 N–H and O–H groups in total. The van der Waals surface area contributed by atoms with Gasteiger partial charge in [0.2, 0.25) is 0 Å². The van der Waals surface area contributed by atoms with Crippen LogP contribution in [0.1, 0.15) is 51.9 Å². The lowest BCUT2D eigenvalue weighted by atomic mass is 10.0. The number of fused-ring (bicyclic) bond motifs is 1. The lowest BCUT2D eigenvalue weighted by molar-refractivity contribution is 0.0150. The molecule has 0 aromatic heterocycles. The van der Waals surface area contributed by atoms with Crippen molar-refractivity contribution < 1.29 is 23.9 Å². The zero-order valence-corrected chi connectivity index (χ0v) is 20.3. The molecule has 4 amide bonds. The van der Waals surface area contributed by atoms with Crippen LogP contribution in [-0.4, -0.2) is 72.8 Å². The van der Waals surface area contributed by atoms with Gasteiger partial charge in [0, 0.05) is 38.3 Å². The molecule has 0 bridgehead atoms. The molecule has 0 fully saturated rings. The fourth-order valence-corrected chi connectivity index (χ4v) is 3.33. The highest BCUT2D eigenvalue weighted by molar-refractivity contribution is 5.99. The van der Waals surface area contributed by atoms with Gasteiger partial charge in [0.15, 0.2) is 0 Å². The van der Waals surface area contributed by atoms with Gasteiger partial charge in [0.25, 0.3) is 5.91 Å². The van der Waals surface area contributed by atoms with E-state index in [0.717, 1.165) is 0 Å². The molecule has 1 aliphatic heterocycles. The molecule has 0 aliphatic carbocycles. The van der Waals surface area contributed by atoms with Gasteiger partial charge in [0.05, 0.1) is 12.1 Å². The van der Waals surface area contributed by atoms with E-state index in [1.165, 1.54) is 4.90 Å². The standard InChI is InChI=1S/C23H36N4O5/c1-14(2)24-21(29)25-16-9-10-18-17(11-16)20(28)26(7)12-15(3)19(31-18)13-27(8)22(30)32-23(4,5)6/h9-11,14-15,19H,12-13H2,1-8H3,(H2,24,25,29)/t15-,19+/m0/s1. The normalized spacial score (nSPS) is 18.8. The van der Waals surface area contributed by atoms with Crippen molar-refractivity contribution in [3.8, 4) is 5.75 Å². The summed E-state index contributed by atoms with van der Waals surface area (Å²) >= 11 is 0. The van der Waals surface area contributed by atoms with Crippen LogP contribution in [0.25, 0.3) is 0 Å². The van der Waals surface area contributed by atoms with E-state index in [1.54, 1.807) is 37.2 Å². The van der Waals surface area contributed by atoms with Crippen LogP contribution in [0.3, 0.4) is 0 Å². The number of urea groups is 1. The molecule has 0 saturated carbocycles. The van der Waals surface area contributed by atoms with E-state index in [-0.39, 0.29) is 30.0 Å². The van der Waals surface area contributed by atoms with Gasteiger partial charge >= 0.3 is 12.1 Å². The van der Waals surface area contributed by atoms with Crippen LogP contribution in [0.5, 0.6) is 5.75 Å². The summed E-state index contributed by atoms with van der Waals surface area (Å²) in [5, 5.41) is 5.49. The monoisotopic (exact) mass is 448 g/mol. The van der Waals surface area contributed by atoms with Gasteiger partial charge in [-0.3, -0.25) is 4.79 Å². The number of likely N-dealkylation sites (N-methyl/N-ethyl adjacent to an activating group) is 1. The minimum Gasteiger partial charge on any atom is -0.487 e. The first kappa shape index (κ1) is 25.3. The highest BCUT2D eigenvalue weighted by Crippen LogP contribution is 2.29. The molecule has 32 heavy (non-hydrogen) atoms. The van der Waals surface area contributed by atoms with E-state index in [2.05, 4.69) is 10.6 Å². The summed E-state index contributed by atoms with van der Waals surface area (Å²) in [5.74, 6) is 0.182. The number of carbonyl (C=O) groups excluding carboxylic acids is 3. The number of benzene rings is 1. The highest BCUT2D eigenvalue weighted by Gasteiger charge is 2.32. The van der Waals surface area contributed by atoms with Crippen molar-refractivity contribution in [2.24, 2.45) is 5.92 Å². The van der Waals surface area contributed by atoms with Crippen LogP contribution in [0.2, 0.25) is 0 Å². The number of amides is 4. The van der Waals surface area contributed by atoms with Gasteiger partial charge in [-0.25, -0.2) is 9.59 Å². The second-order valence-electron chi connectivity index (χ2n) is 9.64. The second kappa shape index (κ2) is 10.1. The van der Waals surface area contributed by atoms with E-state index in [1.807, 2.05) is 41.5 Å². The van der Waals surface area contributed by atoms with Gasteiger partial charge in [-0.1, -0.05) is 6.92 Å². The van der Waals surface area contributed by atoms with Crippen LogP contribution in [0.4, 0.5) is 15.3 Å². The molecular formula is C23H36N4O5. The number of anilines is 1. The highest BCUT2D eigenvalue weighted by atomic mass is 16.6. The first-order valence-electron chi connectivity index (χ1n) is 10.8. The van der Waals surface area contributed by atoms with E-state index in [9.17, 15) is 14.4 Å². The van der Waals surface area contributed by atoms with Crippen molar-refractivity contribution in [3.63, 3.8) is 0 Å². The third-order valence-electron chi connectivity index (χ3n) is 4.87. The molecule has 0 saturated heterocycles. The fourth-order valence-electron chi connectivity index (χ4n) is 3.33. The minimum absolute atomic E-state index is 0.0142. The summed E-state index contributed by atoms with van der Waals surface area (Å²) < 4.78 is 11.7. The van der Waals surface area contributed by atoms with Crippen molar-refractivity contribution in [3.05, 3.63) is 23.8 Å². The summed E-state index contributed by atoms with van der Waals surface area (Å²) in [6.45, 7) is 11.9. The van der Waals surface area contributed by atoms with Crippen LogP contribution in [-0.2, 0) is 4.74 Å². The number of hydrogen-bond acceptors (Lipinski definition) is 5. The predicted octanol–water partition coefficient (Wildman–Crippen LogP) is 3.55. The second-order valence-corrected chi connectivity index (χ2v) is 9.64. The van der Waals surface area contributed by atoms with Crippen LogP contribution in [0, 0.1) is 5.92 Å². The average molecular weight is 449 g/mol. The predicted molar refractivity (Wildman–Crippen MR) is 123 cm³/mol. The first-order chi connectivity index (χ1) is 14.8. The van der Waals surface area contributed by atoms with Crippen molar-refractivity contribution in [2.45, 2.75) is 59.3 Å². The molecular weight excluding hydrogens is 412 g/mol. The summed E-state index contributed by atoms with van der Waals surface area (Å²) in [4.78, 5) is 40.6. The van der Waals surface area contributed by atoms with Crippen molar-refractivity contribution >= 4 is 23.7 Å². The van der Waals surface area contributed by atoms with E-state index in [0.29, 0.717) is 30.1 Å². The first-order valence-corrected chi connectivity index (χ1v) is 10.8. The molecule has 1 aromatic carbocycles. The Morgan fingerprint density at radius 2 is 1.97 bits per heavy atom. The maximum Gasteiger partial charge on any atom is 0.410 e. The Balaban J connectivity index is 2.25. The molecule has 0 unspecified atom stereocenters. The number of rotatable bonds is 4. The fraction of sp³-hybridized carbons (Fsp3) is 0.609. The smallest absolute Gasteiger partial charge is 0.410 e. The van der Waals surface area contributed by atoms with Gasteiger partial charge in [0.1, 0.15) is 17.5 Å². The Hall–Kier alpha value is -2.97. The molecule has 1 aliphatic rings. The van der Waals surface area contributed by atoms with Gasteiger partial charge in [-0.05, 0) is 52.8 Å². The van der Waals surface area contributed by atoms with Gasteiger partial charge < -0.3 is 29.9 Å². The molecule has 1 aromatic rings. The van der Waals surface area contributed by atoms with Crippen LogP contribution >= 0.6 is 0 Å². The number of carbonyl (C=O) groups is 3. The molecule has 178 valence electrons. The van der Waals surface area contributed by atoms with Crippen LogP contribution < -0.4 is 15.4 Å². The average Bonchev–Trinajstić information content (AvgIpc) is 2.64. The lowest BCUT2D eigenvalue weighted by Crippen LogP contribution is -2.47. The molecule has 9 nitrogen and oxygen atoms in total. The van der Waals surface area contributed by atoms with Crippen molar-refractivity contribution in [1.29, 1.82) is 0 Å². The maximum atomic E-state index is 13.0. The van der Waals surface area contributed by atoms with Crippen molar-refractivity contribution in [2.75, 3.05) is 32.5 Å². The SMILES string of the molecule is CC(C)NC(=O)Nc1ccc2c(c1)C(=O)N(C)C[C@H](C)[C@@H](CN(C)C(=O)OC(C)(C)C)O2. The van der Waals surface area contributed by atoms with Gasteiger partial charge in [-0.15, -0.1) is 0 Å². The summed E-state index contributed by atoms with van der Waals surface area (Å²) in [6, 6.07) is 4.61. The van der Waals surface area contributed by atoms with Gasteiger partial charge in [-0.2, -0.15) is 0 Å². The Morgan fingerprint density at radius 1 is 1.31 bits per heavy atom. The maximum absolute atomic E-state index is 13.0. The third kappa shape index (κ3) is 7.03. The molecule has 0 radical (unpaired) electrons. The van der Waals surface area contributed by atoms with E-state index in [4.69, 9.17) is 9.47 Å². The molecule has 1 heterocycles. The largest absolute Gasteiger partial charge is 0.487 e. The lowest BCUT2D eigenvalue weighted by Gasteiger charge is -2.35. The zero-order valence-electron chi connectivity index (χ0n) is 20.3. The summed E-state index contributed by atoms with van der Waals surface area (Å²) in [7, 11) is 3.40. The van der Waals surface area contributed by atoms with E-state index < -0.39 is 11.7 Å². The minimum atomic E-state index is -0.594. The quantitative estimate of drug-likeness (QED) is 0.734. The zero-order chi connectivity index (χ0) is 24.2. The van der Waals surface area contributed by atoms with Crippen molar-refractivity contribution in [1.82, 2.24) is 15.1 Å². The molecule has 0 spiro atoms. The van der Waals surface area contributed by atoms with E-state index >= 15 is 0 Å². The Kier molecular flexibility index (Phi) is 7.98. The molecule has 9 heteroatoms. The summed E-state index contributed by atoms with van der Waals surface area (Å²) in [6.07, 6.45) is -0.791. The number of nitrogens with zero attached hydrogens (tertiary/aromatic N) is 2. The number of ether oxygens (including phenoxy) is 2. The molecule has 2 rings (SSSR count). The Morgan fingerprint density at radius 3 is 2.56 bits per heavy atom. The molecule has 2 atom stereocenters. The topological polar surface area (TPSA) is 100 Å². The Bertz CT molecular complexity index is 849. The van der Waals surface area contributed by atoms with Crippen LogP contribution in [0.15, 0.2) is 18.2 Å². The third-order valence-corrected chi connectivity index (χ3v) is 4.87.